The Kier molecular flexibility index (Phi) is 4.98. The number of anilines is 1. The summed E-state index contributed by atoms with van der Waals surface area (Å²) in [5.74, 6) is 1.60. The van der Waals surface area contributed by atoms with E-state index in [0.717, 1.165) is 29.7 Å². The molecule has 7 nitrogen and oxygen atoms in total. The Balaban J connectivity index is 1.43. The van der Waals surface area contributed by atoms with Crippen LogP contribution < -0.4 is 19.1 Å². The van der Waals surface area contributed by atoms with Crippen LogP contribution in [0.1, 0.15) is 50.3 Å². The highest BCUT2D eigenvalue weighted by molar-refractivity contribution is 7.89. The van der Waals surface area contributed by atoms with E-state index in [1.54, 1.807) is 36.3 Å². The fraction of sp³-hybridized carbons (Fsp3) is 0.458. The molecule has 5 rings (SSSR count). The summed E-state index contributed by atoms with van der Waals surface area (Å²) in [5, 5.41) is 0. The number of amides is 1. The predicted octanol–water partition coefficient (Wildman–Crippen LogP) is 3.58. The van der Waals surface area contributed by atoms with Crippen LogP contribution in [0.4, 0.5) is 5.69 Å². The van der Waals surface area contributed by atoms with Crippen LogP contribution >= 0.6 is 0 Å². The summed E-state index contributed by atoms with van der Waals surface area (Å²) in [7, 11) is -2.21. The first kappa shape index (κ1) is 21.3. The number of carbonyl (C=O) groups is 1. The molecule has 1 fully saturated rings. The third-order valence-corrected chi connectivity index (χ3v) is 7.89. The Morgan fingerprint density at radius 1 is 1.19 bits per heavy atom. The third kappa shape index (κ3) is 3.86. The smallest absolute Gasteiger partial charge is 0.241 e. The maximum Gasteiger partial charge on any atom is 0.241 e. The van der Waals surface area contributed by atoms with E-state index in [-0.39, 0.29) is 16.7 Å². The van der Waals surface area contributed by atoms with Crippen molar-refractivity contribution in [2.75, 3.05) is 18.6 Å². The van der Waals surface area contributed by atoms with E-state index in [1.165, 1.54) is 0 Å². The molecule has 2 aromatic rings. The molecule has 0 unspecified atom stereocenters. The lowest BCUT2D eigenvalue weighted by molar-refractivity contribution is -0.119. The lowest BCUT2D eigenvalue weighted by atomic mass is 9.90. The number of hydrogen-bond donors (Lipinski definition) is 1. The van der Waals surface area contributed by atoms with Gasteiger partial charge in [0, 0.05) is 30.1 Å². The van der Waals surface area contributed by atoms with Crippen LogP contribution in [0, 0.1) is 5.92 Å². The zero-order chi connectivity index (χ0) is 22.7. The third-order valence-electron chi connectivity index (χ3n) is 6.42. The van der Waals surface area contributed by atoms with Crippen molar-refractivity contribution in [1.29, 1.82) is 0 Å². The zero-order valence-corrected chi connectivity index (χ0v) is 19.4. The van der Waals surface area contributed by atoms with Gasteiger partial charge < -0.3 is 14.4 Å². The highest BCUT2D eigenvalue weighted by Crippen LogP contribution is 2.42. The van der Waals surface area contributed by atoms with Crippen molar-refractivity contribution >= 4 is 21.6 Å². The summed E-state index contributed by atoms with van der Waals surface area (Å²) in [6.07, 6.45) is 3.06. The van der Waals surface area contributed by atoms with Gasteiger partial charge in [0.1, 0.15) is 17.1 Å². The van der Waals surface area contributed by atoms with E-state index in [1.807, 2.05) is 26.0 Å². The average molecular weight is 457 g/mol. The maximum atomic E-state index is 13.3. The van der Waals surface area contributed by atoms with Crippen molar-refractivity contribution in [3.63, 3.8) is 0 Å². The number of methoxy groups -OCH3 is 1. The van der Waals surface area contributed by atoms with Gasteiger partial charge in [-0.05, 0) is 75.1 Å². The SMILES string of the molecule is COc1ccc2c(c1)[C@H](NS(=O)(=O)c1ccc3c(c1)CCN3C(=O)C1CC1)CC(C)(C)O2. The predicted molar refractivity (Wildman–Crippen MR) is 121 cm³/mol. The number of ether oxygens (including phenoxy) is 2. The molecule has 0 aromatic heterocycles. The molecule has 8 heteroatoms. The van der Waals surface area contributed by atoms with Crippen LogP contribution in [0.15, 0.2) is 41.3 Å². The van der Waals surface area contributed by atoms with E-state index in [9.17, 15) is 13.2 Å². The van der Waals surface area contributed by atoms with Crippen LogP contribution in [0.5, 0.6) is 11.5 Å². The molecule has 1 N–H and O–H groups in total. The van der Waals surface area contributed by atoms with Gasteiger partial charge in [0.25, 0.3) is 0 Å². The average Bonchev–Trinajstić information content (AvgIpc) is 3.51. The molecule has 0 spiro atoms. The molecule has 1 atom stereocenters. The molecule has 0 bridgehead atoms. The molecule has 3 aliphatic rings. The summed E-state index contributed by atoms with van der Waals surface area (Å²) in [4.78, 5) is 14.5. The first-order chi connectivity index (χ1) is 15.2. The van der Waals surface area contributed by atoms with Crippen LogP contribution in [0.3, 0.4) is 0 Å². The lowest BCUT2D eigenvalue weighted by Gasteiger charge is -2.37. The lowest BCUT2D eigenvalue weighted by Crippen LogP contribution is -2.41. The van der Waals surface area contributed by atoms with Crippen molar-refractivity contribution in [1.82, 2.24) is 4.72 Å². The number of benzene rings is 2. The second kappa shape index (κ2) is 7.49. The number of rotatable bonds is 5. The summed E-state index contributed by atoms with van der Waals surface area (Å²) in [6, 6.07) is 10.1. The number of fused-ring (bicyclic) bond motifs is 2. The van der Waals surface area contributed by atoms with Gasteiger partial charge >= 0.3 is 0 Å². The van der Waals surface area contributed by atoms with E-state index in [2.05, 4.69) is 4.72 Å². The number of carbonyl (C=O) groups excluding carboxylic acids is 1. The summed E-state index contributed by atoms with van der Waals surface area (Å²) >= 11 is 0. The number of hydrogen-bond acceptors (Lipinski definition) is 5. The van der Waals surface area contributed by atoms with Gasteiger partial charge in [0.05, 0.1) is 18.0 Å². The first-order valence-corrected chi connectivity index (χ1v) is 12.5. The number of nitrogens with zero attached hydrogens (tertiary/aromatic N) is 1. The fourth-order valence-electron chi connectivity index (χ4n) is 4.65. The Morgan fingerprint density at radius 3 is 2.69 bits per heavy atom. The molecule has 1 saturated carbocycles. The monoisotopic (exact) mass is 456 g/mol. The van der Waals surface area contributed by atoms with Crippen molar-refractivity contribution < 1.29 is 22.7 Å². The largest absolute Gasteiger partial charge is 0.497 e. The van der Waals surface area contributed by atoms with Gasteiger partial charge in [-0.15, -0.1) is 0 Å². The van der Waals surface area contributed by atoms with Crippen LogP contribution in [0.25, 0.3) is 0 Å². The topological polar surface area (TPSA) is 84.9 Å². The van der Waals surface area contributed by atoms with Crippen LogP contribution in [-0.4, -0.2) is 33.6 Å². The molecule has 2 heterocycles. The molecule has 2 aromatic carbocycles. The van der Waals surface area contributed by atoms with Crippen molar-refractivity contribution in [3.05, 3.63) is 47.5 Å². The molecular weight excluding hydrogens is 428 g/mol. The number of nitrogens with one attached hydrogen (secondary N) is 1. The summed E-state index contributed by atoms with van der Waals surface area (Å²) in [6.45, 7) is 4.51. The Bertz CT molecular complexity index is 1190. The van der Waals surface area contributed by atoms with Crippen molar-refractivity contribution in [2.24, 2.45) is 5.92 Å². The molecular formula is C24H28N2O5S. The van der Waals surface area contributed by atoms with Gasteiger partial charge in [0.15, 0.2) is 0 Å². The second-order valence-electron chi connectivity index (χ2n) is 9.45. The molecule has 0 saturated heterocycles. The number of sulfonamides is 1. The van der Waals surface area contributed by atoms with Gasteiger partial charge in [-0.3, -0.25) is 4.79 Å². The summed E-state index contributed by atoms with van der Waals surface area (Å²) < 4.78 is 41.0. The Hall–Kier alpha value is -2.58. The molecule has 170 valence electrons. The minimum atomic E-state index is -3.79. The van der Waals surface area contributed by atoms with E-state index in [4.69, 9.17) is 9.47 Å². The van der Waals surface area contributed by atoms with E-state index >= 15 is 0 Å². The van der Waals surface area contributed by atoms with Crippen LogP contribution in [0.2, 0.25) is 0 Å². The highest BCUT2D eigenvalue weighted by Gasteiger charge is 2.38. The molecule has 0 radical (unpaired) electrons. The zero-order valence-electron chi connectivity index (χ0n) is 18.6. The quantitative estimate of drug-likeness (QED) is 0.744. The Morgan fingerprint density at radius 2 is 1.97 bits per heavy atom. The molecule has 2 aliphatic heterocycles. The van der Waals surface area contributed by atoms with E-state index in [0.29, 0.717) is 30.9 Å². The van der Waals surface area contributed by atoms with Crippen LogP contribution in [-0.2, 0) is 21.2 Å². The summed E-state index contributed by atoms with van der Waals surface area (Å²) in [5.41, 5.74) is 1.98. The second-order valence-corrected chi connectivity index (χ2v) is 11.2. The normalized spacial score (nSPS) is 21.5. The molecule has 1 amide bonds. The fourth-order valence-corrected chi connectivity index (χ4v) is 5.91. The molecule has 1 aliphatic carbocycles. The van der Waals surface area contributed by atoms with Gasteiger partial charge in [-0.1, -0.05) is 0 Å². The maximum absolute atomic E-state index is 13.3. The van der Waals surface area contributed by atoms with E-state index < -0.39 is 21.7 Å². The molecule has 32 heavy (non-hydrogen) atoms. The van der Waals surface area contributed by atoms with Crippen molar-refractivity contribution in [2.45, 2.75) is 56.1 Å². The van der Waals surface area contributed by atoms with Gasteiger partial charge in [-0.25, -0.2) is 13.1 Å². The van der Waals surface area contributed by atoms with Gasteiger partial charge in [0.2, 0.25) is 15.9 Å². The van der Waals surface area contributed by atoms with Crippen molar-refractivity contribution in [3.8, 4) is 11.5 Å². The standard InChI is InChI=1S/C24H28N2O5S/c1-24(2)14-20(19-13-17(30-3)6-9-22(19)31-24)25-32(28,29)18-7-8-21-16(12-18)10-11-26(21)23(27)15-4-5-15/h6-9,12-13,15,20,25H,4-5,10-11,14H2,1-3H3/t20-/m1/s1. The minimum Gasteiger partial charge on any atom is -0.497 e. The highest BCUT2D eigenvalue weighted by atomic mass is 32.2. The minimum absolute atomic E-state index is 0.139. The first-order valence-electron chi connectivity index (χ1n) is 11.0. The Labute approximate surface area is 188 Å². The van der Waals surface area contributed by atoms with Gasteiger partial charge in [-0.2, -0.15) is 0 Å².